The lowest BCUT2D eigenvalue weighted by atomic mass is 10.2. The van der Waals surface area contributed by atoms with E-state index < -0.39 is 23.2 Å². The Kier molecular flexibility index (Phi) is 6.20. The summed E-state index contributed by atoms with van der Waals surface area (Å²) in [4.78, 5) is 37.5. The summed E-state index contributed by atoms with van der Waals surface area (Å²) in [6.45, 7) is 1.49. The fourth-order valence-electron chi connectivity index (χ4n) is 2.60. The number of hydrogen-bond donors (Lipinski definition) is 2. The van der Waals surface area contributed by atoms with Gasteiger partial charge in [0.2, 0.25) is 5.91 Å². The van der Waals surface area contributed by atoms with Crippen molar-refractivity contribution >= 4 is 40.9 Å². The van der Waals surface area contributed by atoms with Crippen molar-refractivity contribution in [3.8, 4) is 5.75 Å². The summed E-state index contributed by atoms with van der Waals surface area (Å²) in [7, 11) is 1.55. The van der Waals surface area contributed by atoms with Crippen LogP contribution in [-0.4, -0.2) is 36.2 Å². The van der Waals surface area contributed by atoms with Crippen LogP contribution in [0.2, 0.25) is 0 Å². The summed E-state index contributed by atoms with van der Waals surface area (Å²) in [5.41, 5.74) is 1.29. The maximum absolute atomic E-state index is 12.2. The minimum atomic E-state index is -0.987. The molecule has 0 spiro atoms. The van der Waals surface area contributed by atoms with Gasteiger partial charge in [0.05, 0.1) is 24.5 Å². The quantitative estimate of drug-likeness (QED) is 0.724. The van der Waals surface area contributed by atoms with Gasteiger partial charge >= 0.3 is 5.97 Å². The number of nitrogens with one attached hydrogen (secondary N) is 2. The standard InChI is InChI=1S/C20H20N2O5S/c1-12(19(24)21-13-7-9-14(26-2)10-8-13)27-18(23)11-17-20(25)22-15-5-3-4-6-16(15)28-17/h3-10,12,17H,11H2,1-2H3,(H,21,24)(H,22,25)/t12-,17-/m0/s1. The van der Waals surface area contributed by atoms with Crippen LogP contribution >= 0.6 is 11.8 Å². The van der Waals surface area contributed by atoms with E-state index in [0.29, 0.717) is 11.4 Å². The number of methoxy groups -OCH3 is 1. The molecule has 8 heteroatoms. The molecule has 28 heavy (non-hydrogen) atoms. The molecule has 0 aromatic heterocycles. The molecule has 146 valence electrons. The highest BCUT2D eigenvalue weighted by atomic mass is 32.2. The molecule has 2 N–H and O–H groups in total. The third-order valence-corrected chi connectivity index (χ3v) is 5.37. The number of amides is 2. The monoisotopic (exact) mass is 400 g/mol. The van der Waals surface area contributed by atoms with Gasteiger partial charge in [0.1, 0.15) is 5.75 Å². The van der Waals surface area contributed by atoms with E-state index in [1.807, 2.05) is 18.2 Å². The van der Waals surface area contributed by atoms with Crippen LogP contribution in [0.5, 0.6) is 5.75 Å². The van der Waals surface area contributed by atoms with Gasteiger partial charge in [-0.15, -0.1) is 11.8 Å². The van der Waals surface area contributed by atoms with Gasteiger partial charge in [-0.05, 0) is 43.3 Å². The summed E-state index contributed by atoms with van der Waals surface area (Å²) in [6, 6.07) is 14.2. The van der Waals surface area contributed by atoms with Gasteiger partial charge in [0.15, 0.2) is 6.10 Å². The van der Waals surface area contributed by atoms with Crippen molar-refractivity contribution in [1.29, 1.82) is 0 Å². The molecule has 2 aromatic carbocycles. The van der Waals surface area contributed by atoms with Crippen LogP contribution in [0, 0.1) is 0 Å². The smallest absolute Gasteiger partial charge is 0.308 e. The summed E-state index contributed by atoms with van der Waals surface area (Å²) in [5.74, 6) is -0.646. The van der Waals surface area contributed by atoms with Crippen molar-refractivity contribution in [3.63, 3.8) is 0 Å². The van der Waals surface area contributed by atoms with E-state index in [0.717, 1.165) is 10.6 Å². The average molecular weight is 400 g/mol. The first-order valence-corrected chi connectivity index (χ1v) is 9.55. The van der Waals surface area contributed by atoms with Crippen molar-refractivity contribution in [2.75, 3.05) is 17.7 Å². The Bertz CT molecular complexity index is 884. The van der Waals surface area contributed by atoms with Crippen LogP contribution in [0.25, 0.3) is 0 Å². The lowest BCUT2D eigenvalue weighted by Gasteiger charge is -2.23. The number of carbonyl (C=O) groups is 3. The van der Waals surface area contributed by atoms with Gasteiger partial charge in [-0.3, -0.25) is 14.4 Å². The third-order valence-electron chi connectivity index (χ3n) is 4.09. The number of hydrogen-bond acceptors (Lipinski definition) is 6. The van der Waals surface area contributed by atoms with E-state index in [1.165, 1.54) is 18.7 Å². The number of fused-ring (bicyclic) bond motifs is 1. The maximum Gasteiger partial charge on any atom is 0.308 e. The minimum Gasteiger partial charge on any atom is -0.497 e. The molecule has 0 radical (unpaired) electrons. The molecule has 0 fully saturated rings. The Balaban J connectivity index is 1.52. The molecule has 0 bridgehead atoms. The summed E-state index contributed by atoms with van der Waals surface area (Å²) in [6.07, 6.45) is -1.11. The highest BCUT2D eigenvalue weighted by molar-refractivity contribution is 8.01. The van der Waals surface area contributed by atoms with E-state index in [4.69, 9.17) is 9.47 Å². The number of para-hydroxylation sites is 1. The zero-order chi connectivity index (χ0) is 20.1. The average Bonchev–Trinajstić information content (AvgIpc) is 2.69. The van der Waals surface area contributed by atoms with E-state index >= 15 is 0 Å². The van der Waals surface area contributed by atoms with Gasteiger partial charge in [0.25, 0.3) is 5.91 Å². The molecule has 0 unspecified atom stereocenters. The molecule has 2 amide bonds. The minimum absolute atomic E-state index is 0.120. The predicted molar refractivity (Wildman–Crippen MR) is 107 cm³/mol. The lowest BCUT2D eigenvalue weighted by molar-refractivity contribution is -0.153. The van der Waals surface area contributed by atoms with Crippen LogP contribution in [0.3, 0.4) is 0 Å². The van der Waals surface area contributed by atoms with Gasteiger partial charge < -0.3 is 20.1 Å². The van der Waals surface area contributed by atoms with E-state index in [2.05, 4.69) is 10.6 Å². The van der Waals surface area contributed by atoms with Gasteiger partial charge in [-0.1, -0.05) is 12.1 Å². The van der Waals surface area contributed by atoms with Crippen LogP contribution in [0.15, 0.2) is 53.4 Å². The third kappa shape index (κ3) is 4.83. The van der Waals surface area contributed by atoms with E-state index in [-0.39, 0.29) is 12.3 Å². The molecule has 0 saturated heterocycles. The van der Waals surface area contributed by atoms with Crippen molar-refractivity contribution in [2.24, 2.45) is 0 Å². The molecule has 2 aromatic rings. The van der Waals surface area contributed by atoms with Crippen molar-refractivity contribution in [2.45, 2.75) is 29.6 Å². The fourth-order valence-corrected chi connectivity index (χ4v) is 3.69. The second-order valence-electron chi connectivity index (χ2n) is 6.15. The topological polar surface area (TPSA) is 93.7 Å². The number of carbonyl (C=O) groups excluding carboxylic acids is 3. The molecular weight excluding hydrogens is 380 g/mol. The highest BCUT2D eigenvalue weighted by Gasteiger charge is 2.30. The second kappa shape index (κ2) is 8.79. The molecule has 7 nitrogen and oxygen atoms in total. The SMILES string of the molecule is COc1ccc(NC(=O)[C@H](C)OC(=O)C[C@@H]2Sc3ccccc3NC2=O)cc1. The van der Waals surface area contributed by atoms with Crippen LogP contribution in [0.4, 0.5) is 11.4 Å². The molecule has 0 saturated carbocycles. The zero-order valence-corrected chi connectivity index (χ0v) is 16.2. The number of benzene rings is 2. The van der Waals surface area contributed by atoms with Gasteiger partial charge in [0, 0.05) is 10.6 Å². The molecular formula is C20H20N2O5S. The molecule has 1 aliphatic heterocycles. The van der Waals surface area contributed by atoms with Crippen molar-refractivity contribution in [1.82, 2.24) is 0 Å². The number of thioether (sulfide) groups is 1. The largest absolute Gasteiger partial charge is 0.497 e. The first-order valence-electron chi connectivity index (χ1n) is 8.67. The predicted octanol–water partition coefficient (Wildman–Crippen LogP) is 3.07. The Morgan fingerprint density at radius 2 is 1.89 bits per heavy atom. The summed E-state index contributed by atoms with van der Waals surface area (Å²) >= 11 is 1.31. The summed E-state index contributed by atoms with van der Waals surface area (Å²) < 4.78 is 10.3. The Morgan fingerprint density at radius 1 is 1.18 bits per heavy atom. The number of anilines is 2. The molecule has 3 rings (SSSR count). The molecule has 1 aliphatic rings. The first kappa shape index (κ1) is 19.8. The van der Waals surface area contributed by atoms with Crippen molar-refractivity contribution < 1.29 is 23.9 Å². The lowest BCUT2D eigenvalue weighted by Crippen LogP contribution is -2.34. The molecule has 0 aliphatic carbocycles. The van der Waals surface area contributed by atoms with Crippen LogP contribution in [-0.2, 0) is 19.1 Å². The summed E-state index contributed by atoms with van der Waals surface area (Å²) in [5, 5.41) is 4.85. The van der Waals surface area contributed by atoms with E-state index in [1.54, 1.807) is 37.4 Å². The Labute approximate surface area is 166 Å². The maximum atomic E-state index is 12.2. The Morgan fingerprint density at radius 3 is 2.61 bits per heavy atom. The number of rotatable bonds is 6. The van der Waals surface area contributed by atoms with Crippen LogP contribution in [0.1, 0.15) is 13.3 Å². The number of ether oxygens (including phenoxy) is 2. The van der Waals surface area contributed by atoms with Gasteiger partial charge in [-0.25, -0.2) is 0 Å². The fraction of sp³-hybridized carbons (Fsp3) is 0.250. The normalized spacial score (nSPS) is 16.4. The van der Waals surface area contributed by atoms with E-state index in [9.17, 15) is 14.4 Å². The molecule has 2 atom stereocenters. The Hall–Kier alpha value is -3.00. The van der Waals surface area contributed by atoms with Crippen molar-refractivity contribution in [3.05, 3.63) is 48.5 Å². The zero-order valence-electron chi connectivity index (χ0n) is 15.4. The second-order valence-corrected chi connectivity index (χ2v) is 7.39. The van der Waals surface area contributed by atoms with Crippen LogP contribution < -0.4 is 15.4 Å². The first-order chi connectivity index (χ1) is 13.5. The highest BCUT2D eigenvalue weighted by Crippen LogP contribution is 2.36. The molecule has 1 heterocycles. The number of esters is 1. The van der Waals surface area contributed by atoms with Gasteiger partial charge in [-0.2, -0.15) is 0 Å².